The van der Waals surface area contributed by atoms with Crippen LogP contribution in [-0.2, 0) is 30.4 Å². The molecule has 4 heterocycles. The number of anilines is 1. The zero-order valence-corrected chi connectivity index (χ0v) is 19.8. The number of amides is 1. The van der Waals surface area contributed by atoms with Crippen molar-refractivity contribution >= 4 is 11.8 Å². The van der Waals surface area contributed by atoms with Gasteiger partial charge in [-0.2, -0.15) is 18.3 Å². The van der Waals surface area contributed by atoms with Crippen molar-refractivity contribution in [3.05, 3.63) is 71.5 Å². The number of piperidine rings is 1. The summed E-state index contributed by atoms with van der Waals surface area (Å²) in [6.45, 7) is 3.00. The molecule has 0 aliphatic carbocycles. The summed E-state index contributed by atoms with van der Waals surface area (Å²) in [6, 6.07) is 13.5. The van der Waals surface area contributed by atoms with E-state index in [4.69, 9.17) is 4.74 Å². The average molecular weight is 497 g/mol. The molecule has 2 saturated heterocycles. The molecule has 0 bridgehead atoms. The second-order valence-corrected chi connectivity index (χ2v) is 9.95. The molecule has 1 aromatic heterocycles. The lowest BCUT2D eigenvalue weighted by molar-refractivity contribution is -0.137. The van der Waals surface area contributed by atoms with Crippen LogP contribution in [0.2, 0.25) is 0 Å². The number of alkyl halides is 3. The highest BCUT2D eigenvalue weighted by molar-refractivity contribution is 5.90. The topological polar surface area (TPSA) is 50.6 Å². The Hall–Kier alpha value is -3.33. The number of aromatic nitrogens is 2. The van der Waals surface area contributed by atoms with E-state index in [0.29, 0.717) is 44.6 Å². The zero-order valence-electron chi connectivity index (χ0n) is 19.8. The highest BCUT2D eigenvalue weighted by atomic mass is 19.4. The first-order valence-electron chi connectivity index (χ1n) is 12.3. The first kappa shape index (κ1) is 23.1. The van der Waals surface area contributed by atoms with Gasteiger partial charge in [-0.1, -0.05) is 24.3 Å². The number of nitrogens with zero attached hydrogens (tertiary/aromatic N) is 4. The number of carbonyl (C=O) groups excluding carboxylic acids is 1. The van der Waals surface area contributed by atoms with Crippen molar-refractivity contribution in [2.24, 2.45) is 0 Å². The average Bonchev–Trinajstić information content (AvgIpc) is 3.56. The maximum atomic E-state index is 13.6. The number of rotatable bonds is 4. The van der Waals surface area contributed by atoms with Gasteiger partial charge in [-0.15, -0.1) is 0 Å². The molecule has 1 amide bonds. The maximum absolute atomic E-state index is 13.6. The van der Waals surface area contributed by atoms with E-state index in [1.807, 2.05) is 35.0 Å². The van der Waals surface area contributed by atoms with E-state index in [-0.39, 0.29) is 6.09 Å². The molecule has 9 heteroatoms. The van der Waals surface area contributed by atoms with Crippen LogP contribution in [0.15, 0.2) is 54.7 Å². The summed E-state index contributed by atoms with van der Waals surface area (Å²) in [6.07, 6.45) is 0.190. The molecule has 6 nitrogen and oxygen atoms in total. The summed E-state index contributed by atoms with van der Waals surface area (Å²) in [4.78, 5) is 16.4. The molecule has 2 aromatic carbocycles. The smallest absolute Gasteiger partial charge is 0.416 e. The van der Waals surface area contributed by atoms with Crippen molar-refractivity contribution in [3.8, 4) is 11.1 Å². The first-order valence-corrected chi connectivity index (χ1v) is 12.3. The number of aryl methyl sites for hydroxylation is 1. The number of fused-ring (bicyclic) bond motifs is 1. The van der Waals surface area contributed by atoms with Gasteiger partial charge >= 0.3 is 12.3 Å². The van der Waals surface area contributed by atoms with Crippen LogP contribution in [-0.4, -0.2) is 46.0 Å². The van der Waals surface area contributed by atoms with E-state index in [2.05, 4.69) is 10.00 Å². The molecule has 0 saturated carbocycles. The molecule has 3 aromatic rings. The van der Waals surface area contributed by atoms with Crippen molar-refractivity contribution in [1.82, 2.24) is 14.7 Å². The predicted octanol–water partition coefficient (Wildman–Crippen LogP) is 5.51. The summed E-state index contributed by atoms with van der Waals surface area (Å²) in [5, 5.41) is 4.45. The van der Waals surface area contributed by atoms with Crippen LogP contribution >= 0.6 is 0 Å². The maximum Gasteiger partial charge on any atom is 0.416 e. The Morgan fingerprint density at radius 2 is 1.78 bits per heavy atom. The fourth-order valence-electron chi connectivity index (χ4n) is 5.70. The molecule has 1 spiro atoms. The van der Waals surface area contributed by atoms with Gasteiger partial charge in [-0.25, -0.2) is 4.79 Å². The summed E-state index contributed by atoms with van der Waals surface area (Å²) < 4.78 is 48.5. The Labute approximate surface area is 207 Å². The van der Waals surface area contributed by atoms with Crippen LogP contribution in [0, 0.1) is 0 Å². The van der Waals surface area contributed by atoms with Crippen LogP contribution in [0.4, 0.5) is 23.7 Å². The Balaban J connectivity index is 1.21. The molecular formula is C27H27F3N4O2. The Bertz CT molecular complexity index is 1280. The number of benzene rings is 2. The highest BCUT2D eigenvalue weighted by Crippen LogP contribution is 2.39. The number of para-hydroxylation sites is 1. The van der Waals surface area contributed by atoms with Gasteiger partial charge in [0.1, 0.15) is 5.60 Å². The minimum Gasteiger partial charge on any atom is -0.441 e. The molecule has 3 aliphatic rings. The fraction of sp³-hybridized carbons (Fsp3) is 0.407. The third kappa shape index (κ3) is 4.15. The van der Waals surface area contributed by atoms with E-state index in [0.717, 1.165) is 41.9 Å². The molecule has 2 fully saturated rings. The SMILES string of the molecule is O=C1OC2(CCN(Cc3cc(C(F)(F)F)ccc3-c3cnn4c3CCC4)CC2)CN1c1ccccc1. The number of ether oxygens (including phenoxy) is 1. The minimum atomic E-state index is -4.40. The summed E-state index contributed by atoms with van der Waals surface area (Å²) in [7, 11) is 0. The number of likely N-dealkylation sites (tertiary alicyclic amines) is 1. The van der Waals surface area contributed by atoms with E-state index >= 15 is 0 Å². The number of hydrogen-bond acceptors (Lipinski definition) is 4. The normalized spacial score (nSPS) is 19.6. The highest BCUT2D eigenvalue weighted by Gasteiger charge is 2.47. The molecule has 0 N–H and O–H groups in total. The van der Waals surface area contributed by atoms with E-state index < -0.39 is 17.3 Å². The standard InChI is InChI=1S/C27H27F3N4O2/c28-27(29,30)20-8-9-22(23-16-31-34-12-4-7-24(23)34)19(15-20)17-32-13-10-26(11-14-32)18-33(25(35)36-26)21-5-2-1-3-6-21/h1-3,5-6,8-9,15-16H,4,7,10-14,17-18H2. The Morgan fingerprint density at radius 3 is 2.53 bits per heavy atom. The lowest BCUT2D eigenvalue weighted by atomic mass is 9.90. The van der Waals surface area contributed by atoms with Crippen LogP contribution in [0.25, 0.3) is 11.1 Å². The quantitative estimate of drug-likeness (QED) is 0.478. The van der Waals surface area contributed by atoms with E-state index in [1.54, 1.807) is 17.2 Å². The zero-order chi connectivity index (χ0) is 24.9. The van der Waals surface area contributed by atoms with Crippen molar-refractivity contribution in [3.63, 3.8) is 0 Å². The third-order valence-corrected chi connectivity index (χ3v) is 7.65. The molecule has 0 atom stereocenters. The van der Waals surface area contributed by atoms with E-state index in [9.17, 15) is 18.0 Å². The summed E-state index contributed by atoms with van der Waals surface area (Å²) in [5.41, 5.74) is 3.09. The predicted molar refractivity (Wildman–Crippen MR) is 128 cm³/mol. The number of carbonyl (C=O) groups is 1. The van der Waals surface area contributed by atoms with Crippen LogP contribution < -0.4 is 4.90 Å². The van der Waals surface area contributed by atoms with Gasteiger partial charge < -0.3 is 4.74 Å². The van der Waals surface area contributed by atoms with Crippen LogP contribution in [0.3, 0.4) is 0 Å². The number of halogens is 3. The van der Waals surface area contributed by atoms with Gasteiger partial charge in [0, 0.05) is 56.0 Å². The molecule has 6 rings (SSSR count). The minimum absolute atomic E-state index is 0.343. The molecular weight excluding hydrogens is 469 g/mol. The fourth-order valence-corrected chi connectivity index (χ4v) is 5.70. The Kier molecular flexibility index (Phi) is 5.55. The van der Waals surface area contributed by atoms with Crippen molar-refractivity contribution in [1.29, 1.82) is 0 Å². The van der Waals surface area contributed by atoms with Gasteiger partial charge in [0.05, 0.1) is 18.3 Å². The van der Waals surface area contributed by atoms with Gasteiger partial charge in [0.2, 0.25) is 0 Å². The van der Waals surface area contributed by atoms with Crippen LogP contribution in [0.5, 0.6) is 0 Å². The second-order valence-electron chi connectivity index (χ2n) is 9.95. The lowest BCUT2D eigenvalue weighted by Gasteiger charge is -2.37. The summed E-state index contributed by atoms with van der Waals surface area (Å²) >= 11 is 0. The molecule has 3 aliphatic heterocycles. The summed E-state index contributed by atoms with van der Waals surface area (Å²) in [5.74, 6) is 0. The largest absolute Gasteiger partial charge is 0.441 e. The van der Waals surface area contributed by atoms with Gasteiger partial charge in [-0.05, 0) is 48.2 Å². The van der Waals surface area contributed by atoms with Crippen LogP contribution in [0.1, 0.15) is 36.1 Å². The molecule has 0 radical (unpaired) electrons. The molecule has 0 unspecified atom stereocenters. The van der Waals surface area contributed by atoms with Crippen molar-refractivity contribution in [2.75, 3.05) is 24.5 Å². The molecule has 188 valence electrons. The monoisotopic (exact) mass is 496 g/mol. The third-order valence-electron chi connectivity index (χ3n) is 7.65. The first-order chi connectivity index (χ1) is 17.3. The van der Waals surface area contributed by atoms with Crippen molar-refractivity contribution in [2.45, 2.75) is 50.6 Å². The van der Waals surface area contributed by atoms with Gasteiger partial charge in [0.15, 0.2) is 0 Å². The molecule has 36 heavy (non-hydrogen) atoms. The van der Waals surface area contributed by atoms with Crippen molar-refractivity contribution < 1.29 is 22.7 Å². The number of hydrogen-bond donors (Lipinski definition) is 0. The second kappa shape index (κ2) is 8.65. The lowest BCUT2D eigenvalue weighted by Crippen LogP contribution is -2.46. The van der Waals surface area contributed by atoms with Gasteiger partial charge in [-0.3, -0.25) is 14.5 Å². The van der Waals surface area contributed by atoms with E-state index in [1.165, 1.54) is 12.1 Å². The Morgan fingerprint density at radius 1 is 1.00 bits per heavy atom. The van der Waals surface area contributed by atoms with Gasteiger partial charge in [0.25, 0.3) is 0 Å².